The number of aldehydes is 2. The molecule has 0 fully saturated rings. The monoisotopic (exact) mass is 194 g/mol. The lowest BCUT2D eigenvalue weighted by molar-refractivity contribution is 0.0694. The number of carboxylic acid groups (broad SMARTS) is 1. The molecular weight excluding hydrogens is 188 g/mol. The van der Waals surface area contributed by atoms with E-state index in [1.165, 1.54) is 0 Å². The molecule has 0 saturated carbocycles. The first-order valence-electron chi connectivity index (χ1n) is 3.61. The number of phenols is 1. The van der Waals surface area contributed by atoms with E-state index in [4.69, 9.17) is 10.2 Å². The Balaban J connectivity index is 3.56. The van der Waals surface area contributed by atoms with Crippen LogP contribution in [0.15, 0.2) is 12.1 Å². The van der Waals surface area contributed by atoms with E-state index in [1.807, 2.05) is 0 Å². The summed E-state index contributed by atoms with van der Waals surface area (Å²) in [5.41, 5.74) is -0.924. The summed E-state index contributed by atoms with van der Waals surface area (Å²) in [5, 5.41) is 17.8. The molecule has 0 unspecified atom stereocenters. The summed E-state index contributed by atoms with van der Waals surface area (Å²) in [6.07, 6.45) is 0.471. The van der Waals surface area contributed by atoms with Gasteiger partial charge in [0.25, 0.3) is 0 Å². The normalized spacial score (nSPS) is 9.43. The standard InChI is InChI=1S/C9H6O5/c10-3-6-5(9(13)14)1-2-8(12)7(6)4-11/h1-4,12H,(H,13,14). The van der Waals surface area contributed by atoms with Crippen molar-refractivity contribution in [1.29, 1.82) is 0 Å². The molecular formula is C9H6O5. The Bertz CT molecular complexity index is 408. The Kier molecular flexibility index (Phi) is 2.62. The minimum atomic E-state index is -1.32. The highest BCUT2D eigenvalue weighted by Gasteiger charge is 2.16. The maximum atomic E-state index is 10.6. The molecule has 5 nitrogen and oxygen atoms in total. The molecule has 0 aromatic heterocycles. The molecule has 1 aromatic rings. The molecule has 0 aliphatic rings. The van der Waals surface area contributed by atoms with E-state index >= 15 is 0 Å². The van der Waals surface area contributed by atoms with Crippen LogP contribution in [0.1, 0.15) is 31.1 Å². The average Bonchev–Trinajstić information content (AvgIpc) is 2.16. The second-order valence-electron chi connectivity index (χ2n) is 2.50. The van der Waals surface area contributed by atoms with Gasteiger partial charge in [-0.2, -0.15) is 0 Å². The first-order chi connectivity index (χ1) is 6.61. The smallest absolute Gasteiger partial charge is 0.336 e. The Morgan fingerprint density at radius 3 is 2.14 bits per heavy atom. The number of hydrogen-bond acceptors (Lipinski definition) is 4. The van der Waals surface area contributed by atoms with E-state index in [1.54, 1.807) is 0 Å². The van der Waals surface area contributed by atoms with Crippen molar-refractivity contribution >= 4 is 18.5 Å². The minimum Gasteiger partial charge on any atom is -0.507 e. The maximum absolute atomic E-state index is 10.6. The van der Waals surface area contributed by atoms with Crippen molar-refractivity contribution in [2.45, 2.75) is 0 Å². The average molecular weight is 194 g/mol. The van der Waals surface area contributed by atoms with Crippen molar-refractivity contribution in [2.24, 2.45) is 0 Å². The molecule has 1 aromatic carbocycles. The van der Waals surface area contributed by atoms with Gasteiger partial charge in [0.15, 0.2) is 12.6 Å². The summed E-state index contributed by atoms with van der Waals surface area (Å²) in [6.45, 7) is 0. The summed E-state index contributed by atoms with van der Waals surface area (Å²) in [5.74, 6) is -1.73. The van der Waals surface area contributed by atoms with Crippen molar-refractivity contribution in [3.8, 4) is 5.75 Å². The fourth-order valence-electron chi connectivity index (χ4n) is 1.06. The number of phenolic OH excluding ortho intramolecular Hbond substituents is 1. The van der Waals surface area contributed by atoms with Crippen LogP contribution in [0.2, 0.25) is 0 Å². The first kappa shape index (κ1) is 9.91. The fourth-order valence-corrected chi connectivity index (χ4v) is 1.06. The quantitative estimate of drug-likeness (QED) is 0.691. The van der Waals surface area contributed by atoms with Gasteiger partial charge in [0.1, 0.15) is 5.75 Å². The zero-order valence-electron chi connectivity index (χ0n) is 6.93. The predicted octanol–water partition coefficient (Wildman–Crippen LogP) is 0.715. The lowest BCUT2D eigenvalue weighted by atomic mass is 10.0. The van der Waals surface area contributed by atoms with Crippen LogP contribution in [0.4, 0.5) is 0 Å². The molecule has 0 amide bonds. The Morgan fingerprint density at radius 1 is 1.14 bits per heavy atom. The van der Waals surface area contributed by atoms with Crippen LogP contribution in [-0.2, 0) is 0 Å². The van der Waals surface area contributed by atoms with Gasteiger partial charge in [0.2, 0.25) is 0 Å². The van der Waals surface area contributed by atoms with Crippen LogP contribution in [0.5, 0.6) is 5.75 Å². The highest BCUT2D eigenvalue weighted by Crippen LogP contribution is 2.21. The third kappa shape index (κ3) is 1.47. The van der Waals surface area contributed by atoms with Gasteiger partial charge in [-0.3, -0.25) is 9.59 Å². The summed E-state index contributed by atoms with van der Waals surface area (Å²) >= 11 is 0. The van der Waals surface area contributed by atoms with E-state index in [2.05, 4.69) is 0 Å². The van der Waals surface area contributed by atoms with Gasteiger partial charge in [-0.15, -0.1) is 0 Å². The van der Waals surface area contributed by atoms with Crippen molar-refractivity contribution in [1.82, 2.24) is 0 Å². The number of hydrogen-bond donors (Lipinski definition) is 2. The summed E-state index contributed by atoms with van der Waals surface area (Å²) in [7, 11) is 0. The molecule has 0 saturated heterocycles. The molecule has 72 valence electrons. The number of aromatic hydroxyl groups is 1. The van der Waals surface area contributed by atoms with E-state index in [0.717, 1.165) is 12.1 Å². The number of carbonyl (C=O) groups is 3. The zero-order valence-corrected chi connectivity index (χ0v) is 6.93. The number of carbonyl (C=O) groups excluding carboxylic acids is 2. The lowest BCUT2D eigenvalue weighted by Gasteiger charge is -2.03. The molecule has 2 N–H and O–H groups in total. The summed E-state index contributed by atoms with van der Waals surface area (Å²) in [6, 6.07) is 2.12. The molecule has 14 heavy (non-hydrogen) atoms. The molecule has 5 heteroatoms. The fraction of sp³-hybridized carbons (Fsp3) is 0. The van der Waals surface area contributed by atoms with Gasteiger partial charge in [-0.05, 0) is 12.1 Å². The van der Waals surface area contributed by atoms with Gasteiger partial charge in [-0.25, -0.2) is 4.79 Å². The summed E-state index contributed by atoms with van der Waals surface area (Å²) < 4.78 is 0. The number of benzene rings is 1. The maximum Gasteiger partial charge on any atom is 0.336 e. The Labute approximate surface area is 78.6 Å². The van der Waals surface area contributed by atoms with Crippen LogP contribution < -0.4 is 0 Å². The molecule has 0 atom stereocenters. The molecule has 0 aliphatic heterocycles. The van der Waals surface area contributed by atoms with E-state index < -0.39 is 11.7 Å². The largest absolute Gasteiger partial charge is 0.507 e. The predicted molar refractivity (Wildman–Crippen MR) is 45.8 cm³/mol. The van der Waals surface area contributed by atoms with Gasteiger partial charge in [0, 0.05) is 5.56 Å². The third-order valence-corrected chi connectivity index (χ3v) is 1.73. The molecule has 1 rings (SSSR count). The minimum absolute atomic E-state index is 0.229. The Morgan fingerprint density at radius 2 is 1.71 bits per heavy atom. The van der Waals surface area contributed by atoms with Gasteiger partial charge in [0.05, 0.1) is 11.1 Å². The molecule has 0 aliphatic carbocycles. The topological polar surface area (TPSA) is 91.7 Å². The lowest BCUT2D eigenvalue weighted by Crippen LogP contribution is -2.05. The molecule has 0 bridgehead atoms. The van der Waals surface area contributed by atoms with E-state index in [9.17, 15) is 14.4 Å². The number of rotatable bonds is 3. The van der Waals surface area contributed by atoms with Gasteiger partial charge in [-0.1, -0.05) is 0 Å². The number of aromatic carboxylic acids is 1. The van der Waals surface area contributed by atoms with Crippen LogP contribution in [0, 0.1) is 0 Å². The molecule has 0 spiro atoms. The van der Waals surface area contributed by atoms with Crippen molar-refractivity contribution in [3.05, 3.63) is 28.8 Å². The molecule has 0 heterocycles. The summed E-state index contributed by atoms with van der Waals surface area (Å²) in [4.78, 5) is 31.6. The SMILES string of the molecule is O=Cc1c(O)ccc(C(=O)O)c1C=O. The Hall–Kier alpha value is -2.17. The van der Waals surface area contributed by atoms with Crippen LogP contribution in [0.25, 0.3) is 0 Å². The highest BCUT2D eigenvalue weighted by atomic mass is 16.4. The van der Waals surface area contributed by atoms with Gasteiger partial charge < -0.3 is 10.2 Å². The third-order valence-electron chi connectivity index (χ3n) is 1.73. The van der Waals surface area contributed by atoms with Gasteiger partial charge >= 0.3 is 5.97 Å². The van der Waals surface area contributed by atoms with E-state index in [-0.39, 0.29) is 29.3 Å². The highest BCUT2D eigenvalue weighted by molar-refractivity contribution is 6.03. The van der Waals surface area contributed by atoms with Crippen LogP contribution >= 0.6 is 0 Å². The van der Waals surface area contributed by atoms with Crippen molar-refractivity contribution in [3.63, 3.8) is 0 Å². The second-order valence-corrected chi connectivity index (χ2v) is 2.50. The van der Waals surface area contributed by atoms with E-state index in [0.29, 0.717) is 0 Å². The number of carboxylic acids is 1. The zero-order chi connectivity index (χ0) is 10.7. The van der Waals surface area contributed by atoms with Crippen LogP contribution in [-0.4, -0.2) is 28.8 Å². The molecule has 0 radical (unpaired) electrons. The van der Waals surface area contributed by atoms with Crippen LogP contribution in [0.3, 0.4) is 0 Å². The second kappa shape index (κ2) is 3.69. The first-order valence-corrected chi connectivity index (χ1v) is 3.61. The van der Waals surface area contributed by atoms with Crippen molar-refractivity contribution < 1.29 is 24.6 Å². The van der Waals surface area contributed by atoms with Crippen molar-refractivity contribution in [2.75, 3.05) is 0 Å².